The van der Waals surface area contributed by atoms with Crippen molar-refractivity contribution >= 4 is 17.6 Å². The van der Waals surface area contributed by atoms with E-state index in [-0.39, 0.29) is 0 Å². The van der Waals surface area contributed by atoms with E-state index in [1.54, 1.807) is 0 Å². The van der Waals surface area contributed by atoms with Gasteiger partial charge in [-0.05, 0) is 124 Å². The summed E-state index contributed by atoms with van der Waals surface area (Å²) in [5.41, 5.74) is 7.75. The Kier molecular flexibility index (Phi) is 10.7. The Morgan fingerprint density at radius 3 is 2.33 bits per heavy atom. The second-order valence-electron chi connectivity index (χ2n) is 12.0. The molecule has 0 saturated carbocycles. The first-order chi connectivity index (χ1) is 20.8. The van der Waals surface area contributed by atoms with Crippen LogP contribution in [0.15, 0.2) is 48.5 Å². The van der Waals surface area contributed by atoms with E-state index in [9.17, 15) is 9.90 Å². The van der Waals surface area contributed by atoms with Crippen molar-refractivity contribution in [2.75, 3.05) is 32.8 Å². The first-order valence-corrected chi connectivity index (χ1v) is 16.1. The van der Waals surface area contributed by atoms with Crippen molar-refractivity contribution in [3.8, 4) is 22.6 Å². The van der Waals surface area contributed by atoms with E-state index >= 15 is 0 Å². The molecule has 7 heteroatoms. The number of benzene rings is 3. The minimum Gasteiger partial charge on any atom is -0.493 e. The number of carbonyl (C=O) groups is 1. The molecule has 6 nitrogen and oxygen atoms in total. The van der Waals surface area contributed by atoms with Crippen LogP contribution in [0.3, 0.4) is 0 Å². The number of nitrogens with zero attached hydrogens (tertiary/aromatic N) is 2. The molecular formula is C36H45ClN2O4. The minimum atomic E-state index is -0.747. The standard InChI is InChI=1S/C36H45ClN2O4/c1-25-29(24-43-34-17-16-28(26(2)35(34)37)23-39-21-5-4-14-32(39)36(40)41)11-8-12-30(25)31-13-9-15-33(27(31)3)42-22-10-20-38-18-6-7-19-38/h8-9,11-13,15-17,32H,4-7,10,14,18-24H2,1-3H3,(H,40,41)/t32-/m0/s1. The van der Waals surface area contributed by atoms with Gasteiger partial charge in [-0.15, -0.1) is 0 Å². The number of carboxylic acid groups (broad SMARTS) is 1. The third-order valence-electron chi connectivity index (χ3n) is 9.21. The number of carboxylic acids is 1. The Bertz CT molecular complexity index is 1420. The molecule has 0 amide bonds. The molecule has 43 heavy (non-hydrogen) atoms. The van der Waals surface area contributed by atoms with E-state index in [0.717, 1.165) is 67.0 Å². The van der Waals surface area contributed by atoms with Crippen molar-refractivity contribution in [1.82, 2.24) is 9.80 Å². The Morgan fingerprint density at radius 1 is 0.837 bits per heavy atom. The molecule has 2 aliphatic heterocycles. The fourth-order valence-electron chi connectivity index (χ4n) is 6.49. The lowest BCUT2D eigenvalue weighted by Gasteiger charge is -2.33. The molecule has 0 bridgehead atoms. The fourth-order valence-corrected chi connectivity index (χ4v) is 6.73. The summed E-state index contributed by atoms with van der Waals surface area (Å²) >= 11 is 6.80. The van der Waals surface area contributed by atoms with Gasteiger partial charge in [0.25, 0.3) is 0 Å². The zero-order valence-electron chi connectivity index (χ0n) is 25.8. The highest BCUT2D eigenvalue weighted by Gasteiger charge is 2.29. The van der Waals surface area contributed by atoms with Crippen molar-refractivity contribution in [2.45, 2.75) is 78.5 Å². The Hall–Kier alpha value is -3.06. The molecule has 2 saturated heterocycles. The summed E-state index contributed by atoms with van der Waals surface area (Å²) in [6.07, 6.45) is 6.35. The van der Waals surface area contributed by atoms with Crippen molar-refractivity contribution in [3.63, 3.8) is 0 Å². The van der Waals surface area contributed by atoms with E-state index in [1.807, 2.05) is 19.1 Å². The molecule has 1 atom stereocenters. The first-order valence-electron chi connectivity index (χ1n) is 15.7. The maximum absolute atomic E-state index is 11.8. The smallest absolute Gasteiger partial charge is 0.320 e. The lowest BCUT2D eigenvalue weighted by molar-refractivity contribution is -0.144. The number of piperidine rings is 1. The Balaban J connectivity index is 1.24. The number of hydrogen-bond donors (Lipinski definition) is 1. The van der Waals surface area contributed by atoms with Crippen LogP contribution in [0.5, 0.6) is 11.5 Å². The number of hydrogen-bond acceptors (Lipinski definition) is 5. The van der Waals surface area contributed by atoms with E-state index in [0.29, 0.717) is 30.3 Å². The topological polar surface area (TPSA) is 62.2 Å². The highest BCUT2D eigenvalue weighted by atomic mass is 35.5. The average molecular weight is 605 g/mol. The van der Waals surface area contributed by atoms with Gasteiger partial charge in [0.2, 0.25) is 0 Å². The molecule has 3 aromatic rings. The van der Waals surface area contributed by atoms with Crippen LogP contribution in [0.25, 0.3) is 11.1 Å². The molecule has 5 rings (SSSR count). The van der Waals surface area contributed by atoms with Gasteiger partial charge in [-0.25, -0.2) is 0 Å². The van der Waals surface area contributed by atoms with Crippen molar-refractivity contribution in [3.05, 3.63) is 81.4 Å². The van der Waals surface area contributed by atoms with Crippen LogP contribution in [0.1, 0.15) is 66.3 Å². The molecule has 3 aromatic carbocycles. The predicted molar refractivity (Wildman–Crippen MR) is 173 cm³/mol. The third kappa shape index (κ3) is 7.54. The van der Waals surface area contributed by atoms with E-state index in [1.165, 1.54) is 42.6 Å². The third-order valence-corrected chi connectivity index (χ3v) is 9.68. The molecular weight excluding hydrogens is 560 g/mol. The van der Waals surface area contributed by atoms with E-state index in [2.05, 4.69) is 60.0 Å². The van der Waals surface area contributed by atoms with Gasteiger partial charge < -0.3 is 19.5 Å². The summed E-state index contributed by atoms with van der Waals surface area (Å²) in [4.78, 5) is 16.3. The molecule has 2 heterocycles. The molecule has 0 aliphatic carbocycles. The summed E-state index contributed by atoms with van der Waals surface area (Å²) in [7, 11) is 0. The maximum atomic E-state index is 11.8. The van der Waals surface area contributed by atoms with Crippen LogP contribution >= 0.6 is 11.6 Å². The zero-order valence-corrected chi connectivity index (χ0v) is 26.6. The molecule has 230 valence electrons. The normalized spacial score (nSPS) is 17.7. The maximum Gasteiger partial charge on any atom is 0.320 e. The molecule has 2 fully saturated rings. The van der Waals surface area contributed by atoms with Gasteiger partial charge in [-0.1, -0.05) is 54.4 Å². The summed E-state index contributed by atoms with van der Waals surface area (Å²) < 4.78 is 12.5. The summed E-state index contributed by atoms with van der Waals surface area (Å²) in [6, 6.07) is 16.2. The predicted octanol–water partition coefficient (Wildman–Crippen LogP) is 7.82. The number of rotatable bonds is 12. The molecule has 0 unspecified atom stereocenters. The molecule has 2 aliphatic rings. The summed E-state index contributed by atoms with van der Waals surface area (Å²) in [6.45, 7) is 12.3. The molecule has 0 aromatic heterocycles. The van der Waals surface area contributed by atoms with Crippen LogP contribution in [0.4, 0.5) is 0 Å². The highest BCUT2D eigenvalue weighted by molar-refractivity contribution is 6.32. The average Bonchev–Trinajstić information content (AvgIpc) is 3.53. The Morgan fingerprint density at radius 2 is 1.56 bits per heavy atom. The summed E-state index contributed by atoms with van der Waals surface area (Å²) in [5, 5.41) is 10.2. The lowest BCUT2D eigenvalue weighted by Crippen LogP contribution is -2.44. The van der Waals surface area contributed by atoms with Crippen molar-refractivity contribution in [1.29, 1.82) is 0 Å². The number of aliphatic carboxylic acids is 1. The number of likely N-dealkylation sites (tertiary alicyclic amines) is 2. The van der Waals surface area contributed by atoms with Gasteiger partial charge in [-0.3, -0.25) is 9.69 Å². The quantitative estimate of drug-likeness (QED) is 0.213. The molecule has 0 radical (unpaired) electrons. The van der Waals surface area contributed by atoms with Gasteiger partial charge in [0.1, 0.15) is 24.1 Å². The SMILES string of the molecule is Cc1c(COc2ccc(CN3CCCC[C@H]3C(=O)O)c(C)c2Cl)cccc1-c1cccc(OCCCN2CCCC2)c1C. The first kappa shape index (κ1) is 31.4. The van der Waals surface area contributed by atoms with Gasteiger partial charge in [0, 0.05) is 13.1 Å². The van der Waals surface area contributed by atoms with Crippen LogP contribution < -0.4 is 9.47 Å². The fraction of sp³-hybridized carbons (Fsp3) is 0.472. The second-order valence-corrected chi connectivity index (χ2v) is 12.4. The van der Waals surface area contributed by atoms with Crippen molar-refractivity contribution < 1.29 is 19.4 Å². The van der Waals surface area contributed by atoms with E-state index in [4.69, 9.17) is 21.1 Å². The van der Waals surface area contributed by atoms with Crippen LogP contribution in [0.2, 0.25) is 5.02 Å². The highest BCUT2D eigenvalue weighted by Crippen LogP contribution is 2.35. The monoisotopic (exact) mass is 604 g/mol. The second kappa shape index (κ2) is 14.6. The van der Waals surface area contributed by atoms with Gasteiger partial charge in [-0.2, -0.15) is 0 Å². The van der Waals surface area contributed by atoms with Crippen LogP contribution in [-0.2, 0) is 17.9 Å². The zero-order chi connectivity index (χ0) is 30.3. The largest absolute Gasteiger partial charge is 0.493 e. The number of halogens is 1. The number of ether oxygens (including phenoxy) is 2. The lowest BCUT2D eigenvalue weighted by atomic mass is 9.93. The Labute approximate surface area is 261 Å². The molecule has 0 spiro atoms. The molecule has 1 N–H and O–H groups in total. The van der Waals surface area contributed by atoms with Gasteiger partial charge >= 0.3 is 5.97 Å². The van der Waals surface area contributed by atoms with E-state index < -0.39 is 12.0 Å². The summed E-state index contributed by atoms with van der Waals surface area (Å²) in [5.74, 6) is 0.839. The van der Waals surface area contributed by atoms with Crippen LogP contribution in [-0.4, -0.2) is 59.7 Å². The van der Waals surface area contributed by atoms with Crippen LogP contribution in [0, 0.1) is 20.8 Å². The van der Waals surface area contributed by atoms with Crippen molar-refractivity contribution in [2.24, 2.45) is 0 Å². The minimum absolute atomic E-state index is 0.400. The van der Waals surface area contributed by atoms with Gasteiger partial charge in [0.05, 0.1) is 11.6 Å². The van der Waals surface area contributed by atoms with Gasteiger partial charge in [0.15, 0.2) is 0 Å².